The van der Waals surface area contributed by atoms with Crippen LogP contribution in [0, 0.1) is 16.0 Å². The van der Waals surface area contributed by atoms with E-state index >= 15 is 0 Å². The Morgan fingerprint density at radius 1 is 1.65 bits per heavy atom. The van der Waals surface area contributed by atoms with Gasteiger partial charge in [-0.1, -0.05) is 13.8 Å². The Morgan fingerprint density at radius 2 is 2.29 bits per heavy atom. The van der Waals surface area contributed by atoms with E-state index in [2.05, 4.69) is 10.3 Å². The second kappa shape index (κ2) is 5.09. The molecule has 1 heterocycles. The fraction of sp³-hybridized carbons (Fsp3) is 0.545. The first-order valence-electron chi connectivity index (χ1n) is 5.48. The molecular weight excluding hydrogens is 220 g/mol. The van der Waals surface area contributed by atoms with Gasteiger partial charge in [0.1, 0.15) is 5.82 Å². The van der Waals surface area contributed by atoms with Crippen molar-refractivity contribution in [1.29, 1.82) is 0 Å². The lowest BCUT2D eigenvalue weighted by Crippen LogP contribution is -2.47. The Kier molecular flexibility index (Phi) is 4.01. The van der Waals surface area contributed by atoms with Crippen LogP contribution in [0.4, 0.5) is 11.5 Å². The third kappa shape index (κ3) is 3.13. The van der Waals surface area contributed by atoms with Gasteiger partial charge in [0, 0.05) is 18.8 Å². The molecule has 1 atom stereocenters. The van der Waals surface area contributed by atoms with Crippen LogP contribution in [-0.2, 0) is 0 Å². The molecule has 3 N–H and O–H groups in total. The number of nitro groups is 1. The topological polar surface area (TPSA) is 94.1 Å². The summed E-state index contributed by atoms with van der Waals surface area (Å²) in [5.74, 6) is 0.759. The number of hydrogen-bond acceptors (Lipinski definition) is 5. The number of rotatable bonds is 5. The summed E-state index contributed by atoms with van der Waals surface area (Å²) in [6, 6.07) is 2.77. The minimum Gasteiger partial charge on any atom is -0.363 e. The van der Waals surface area contributed by atoms with E-state index in [4.69, 9.17) is 5.73 Å². The smallest absolute Gasteiger partial charge is 0.274 e. The number of nitrogens with two attached hydrogens (primary N) is 1. The third-order valence-corrected chi connectivity index (χ3v) is 3.07. The number of pyridine rings is 1. The van der Waals surface area contributed by atoms with E-state index < -0.39 is 4.92 Å². The molecule has 0 saturated carbocycles. The maximum absolute atomic E-state index is 10.6. The van der Waals surface area contributed by atoms with E-state index in [1.54, 1.807) is 0 Å². The third-order valence-electron chi connectivity index (χ3n) is 3.07. The van der Waals surface area contributed by atoms with Crippen LogP contribution in [-0.4, -0.2) is 22.0 Å². The van der Waals surface area contributed by atoms with Gasteiger partial charge in [0.2, 0.25) is 0 Å². The van der Waals surface area contributed by atoms with E-state index in [0.29, 0.717) is 12.4 Å². The van der Waals surface area contributed by atoms with Gasteiger partial charge in [-0.25, -0.2) is 4.98 Å². The van der Waals surface area contributed by atoms with Crippen molar-refractivity contribution in [3.05, 3.63) is 28.4 Å². The Balaban J connectivity index is 2.94. The molecule has 0 aliphatic heterocycles. The second-order valence-electron chi connectivity index (χ2n) is 4.56. The summed E-state index contributed by atoms with van der Waals surface area (Å²) in [5.41, 5.74) is 5.42. The van der Waals surface area contributed by atoms with Crippen molar-refractivity contribution in [2.75, 3.05) is 11.9 Å². The van der Waals surface area contributed by atoms with Crippen LogP contribution in [0.3, 0.4) is 0 Å². The first kappa shape index (κ1) is 13.4. The predicted octanol–water partition coefficient (Wildman–Crippen LogP) is 1.78. The maximum Gasteiger partial charge on any atom is 0.274 e. The van der Waals surface area contributed by atoms with Gasteiger partial charge in [0.15, 0.2) is 0 Å². The van der Waals surface area contributed by atoms with Crippen molar-refractivity contribution in [2.24, 2.45) is 11.7 Å². The normalized spacial score (nSPS) is 14.4. The van der Waals surface area contributed by atoms with Crippen LogP contribution in [0.1, 0.15) is 20.8 Å². The van der Waals surface area contributed by atoms with E-state index in [9.17, 15) is 10.1 Å². The highest BCUT2D eigenvalue weighted by Crippen LogP contribution is 2.22. The monoisotopic (exact) mass is 238 g/mol. The van der Waals surface area contributed by atoms with Crippen LogP contribution in [0.15, 0.2) is 18.3 Å². The van der Waals surface area contributed by atoms with E-state index in [0.717, 1.165) is 0 Å². The summed E-state index contributed by atoms with van der Waals surface area (Å²) in [5, 5.41) is 13.8. The van der Waals surface area contributed by atoms with E-state index in [-0.39, 0.29) is 17.1 Å². The van der Waals surface area contributed by atoms with Gasteiger partial charge in [0.05, 0.1) is 16.5 Å². The Labute approximate surface area is 100 Å². The zero-order chi connectivity index (χ0) is 13.1. The van der Waals surface area contributed by atoms with Gasteiger partial charge < -0.3 is 11.1 Å². The number of hydrogen-bond donors (Lipinski definition) is 2. The van der Waals surface area contributed by atoms with Crippen molar-refractivity contribution >= 4 is 11.5 Å². The summed E-state index contributed by atoms with van der Waals surface area (Å²) in [7, 11) is 0. The van der Waals surface area contributed by atoms with Crippen LogP contribution < -0.4 is 11.1 Å². The molecule has 0 amide bonds. The Hall–Kier alpha value is -1.69. The zero-order valence-corrected chi connectivity index (χ0v) is 10.3. The first-order chi connectivity index (χ1) is 7.89. The lowest BCUT2D eigenvalue weighted by Gasteiger charge is -2.34. The molecule has 0 aliphatic carbocycles. The van der Waals surface area contributed by atoms with Gasteiger partial charge in [-0.05, 0) is 12.8 Å². The molecule has 0 fully saturated rings. The Bertz CT molecular complexity index is 408. The average molecular weight is 238 g/mol. The minimum atomic E-state index is -0.442. The molecule has 1 unspecified atom stereocenters. The molecule has 6 heteroatoms. The maximum atomic E-state index is 10.6. The molecule has 0 spiro atoms. The van der Waals surface area contributed by atoms with Gasteiger partial charge in [-0.15, -0.1) is 0 Å². The van der Waals surface area contributed by atoms with Crippen LogP contribution in [0.25, 0.3) is 0 Å². The molecule has 17 heavy (non-hydrogen) atoms. The van der Waals surface area contributed by atoms with Gasteiger partial charge in [-0.2, -0.15) is 0 Å². The van der Waals surface area contributed by atoms with Gasteiger partial charge in [-0.3, -0.25) is 10.1 Å². The average Bonchev–Trinajstić information content (AvgIpc) is 2.29. The fourth-order valence-electron chi connectivity index (χ4n) is 1.32. The molecule has 1 rings (SSSR count). The first-order valence-corrected chi connectivity index (χ1v) is 5.48. The SMILES string of the molecule is CC(C)C(C)(CN)Nc1cc([N+](=O)[O-])ccn1. The fourth-order valence-corrected chi connectivity index (χ4v) is 1.32. The summed E-state index contributed by atoms with van der Waals surface area (Å²) in [6.07, 6.45) is 1.41. The van der Waals surface area contributed by atoms with Crippen LogP contribution >= 0.6 is 0 Å². The zero-order valence-electron chi connectivity index (χ0n) is 10.3. The highest BCUT2D eigenvalue weighted by atomic mass is 16.6. The van der Waals surface area contributed by atoms with Crippen molar-refractivity contribution in [2.45, 2.75) is 26.3 Å². The lowest BCUT2D eigenvalue weighted by molar-refractivity contribution is -0.384. The molecule has 0 aliphatic rings. The lowest BCUT2D eigenvalue weighted by atomic mass is 9.88. The molecule has 6 nitrogen and oxygen atoms in total. The van der Waals surface area contributed by atoms with E-state index in [1.807, 2.05) is 20.8 Å². The molecule has 1 aromatic rings. The molecule has 0 saturated heterocycles. The number of anilines is 1. The number of nitrogens with one attached hydrogen (secondary N) is 1. The van der Waals surface area contributed by atoms with Gasteiger partial charge >= 0.3 is 0 Å². The summed E-state index contributed by atoms with van der Waals surface area (Å²) >= 11 is 0. The summed E-state index contributed by atoms with van der Waals surface area (Å²) < 4.78 is 0. The van der Waals surface area contributed by atoms with Gasteiger partial charge in [0.25, 0.3) is 5.69 Å². The molecule has 1 aromatic heterocycles. The minimum absolute atomic E-state index is 0.0191. The van der Waals surface area contributed by atoms with Crippen molar-refractivity contribution in [1.82, 2.24) is 4.98 Å². The van der Waals surface area contributed by atoms with Crippen molar-refractivity contribution < 1.29 is 4.92 Å². The van der Waals surface area contributed by atoms with Crippen molar-refractivity contribution in [3.8, 4) is 0 Å². The van der Waals surface area contributed by atoms with Crippen LogP contribution in [0.2, 0.25) is 0 Å². The predicted molar refractivity (Wildman–Crippen MR) is 66.8 cm³/mol. The molecule has 94 valence electrons. The van der Waals surface area contributed by atoms with Crippen molar-refractivity contribution in [3.63, 3.8) is 0 Å². The molecular formula is C11H18N4O2. The highest BCUT2D eigenvalue weighted by molar-refractivity contribution is 5.46. The second-order valence-corrected chi connectivity index (χ2v) is 4.56. The standard InChI is InChI=1S/C11H18N4O2/c1-8(2)11(3,7-12)14-10-6-9(15(16)17)4-5-13-10/h4-6,8H,7,12H2,1-3H3,(H,13,14). The summed E-state index contributed by atoms with van der Waals surface area (Å²) in [6.45, 7) is 6.47. The number of aromatic nitrogens is 1. The summed E-state index contributed by atoms with van der Waals surface area (Å²) in [4.78, 5) is 14.3. The number of nitrogens with zero attached hydrogens (tertiary/aromatic N) is 2. The molecule has 0 radical (unpaired) electrons. The molecule has 0 aromatic carbocycles. The van der Waals surface area contributed by atoms with E-state index in [1.165, 1.54) is 18.3 Å². The quantitative estimate of drug-likeness (QED) is 0.602. The largest absolute Gasteiger partial charge is 0.363 e. The molecule has 0 bridgehead atoms. The van der Waals surface area contributed by atoms with Crippen LogP contribution in [0.5, 0.6) is 0 Å². The Morgan fingerprint density at radius 3 is 2.76 bits per heavy atom. The highest BCUT2D eigenvalue weighted by Gasteiger charge is 2.27.